The van der Waals surface area contributed by atoms with Gasteiger partial charge in [-0.05, 0) is 43.0 Å². The van der Waals surface area contributed by atoms with Gasteiger partial charge in [-0.3, -0.25) is 4.79 Å². The largest absolute Gasteiger partial charge is 0.481 e. The third-order valence-electron chi connectivity index (χ3n) is 3.77. The highest BCUT2D eigenvalue weighted by molar-refractivity contribution is 5.66. The Hall–Kier alpha value is -1.77. The SMILES string of the molecule is O=C(O)CC[C@@H]1CC[C@H](c2cc(C(F)(F)F)cc(C(F)(F)F)c2)O1. The molecule has 1 aliphatic heterocycles. The van der Waals surface area contributed by atoms with Crippen molar-refractivity contribution in [2.75, 3.05) is 0 Å². The molecular weight excluding hydrogens is 342 g/mol. The van der Waals surface area contributed by atoms with E-state index in [4.69, 9.17) is 9.84 Å². The first-order chi connectivity index (χ1) is 11.0. The molecule has 1 heterocycles. The lowest BCUT2D eigenvalue weighted by Gasteiger charge is -2.18. The topological polar surface area (TPSA) is 46.5 Å². The van der Waals surface area contributed by atoms with Crippen LogP contribution >= 0.6 is 0 Å². The summed E-state index contributed by atoms with van der Waals surface area (Å²) < 4.78 is 82.5. The number of hydrogen-bond donors (Lipinski definition) is 1. The van der Waals surface area contributed by atoms with Gasteiger partial charge in [-0.2, -0.15) is 26.3 Å². The molecule has 2 atom stereocenters. The van der Waals surface area contributed by atoms with Crippen LogP contribution in [0.1, 0.15) is 48.5 Å². The quantitative estimate of drug-likeness (QED) is 0.788. The lowest BCUT2D eigenvalue weighted by Crippen LogP contribution is -2.14. The maximum atomic E-state index is 12.8. The number of aliphatic carboxylic acids is 1. The van der Waals surface area contributed by atoms with Crippen molar-refractivity contribution in [2.45, 2.75) is 50.2 Å². The van der Waals surface area contributed by atoms with Gasteiger partial charge < -0.3 is 9.84 Å². The van der Waals surface area contributed by atoms with Gasteiger partial charge >= 0.3 is 18.3 Å². The Kier molecular flexibility index (Phi) is 5.12. The highest BCUT2D eigenvalue weighted by atomic mass is 19.4. The summed E-state index contributed by atoms with van der Waals surface area (Å²) in [6.07, 6.45) is -10.6. The maximum absolute atomic E-state index is 12.8. The summed E-state index contributed by atoms with van der Waals surface area (Å²) in [7, 11) is 0. The van der Waals surface area contributed by atoms with E-state index in [1.54, 1.807) is 0 Å². The Morgan fingerprint density at radius 1 is 1.04 bits per heavy atom. The summed E-state index contributed by atoms with van der Waals surface area (Å²) in [5, 5.41) is 8.60. The first-order valence-electron chi connectivity index (χ1n) is 7.13. The fraction of sp³-hybridized carbons (Fsp3) is 0.533. The number of alkyl halides is 6. The van der Waals surface area contributed by atoms with Gasteiger partial charge in [0.25, 0.3) is 0 Å². The van der Waals surface area contributed by atoms with E-state index in [1.165, 1.54) is 0 Å². The predicted molar refractivity (Wildman–Crippen MR) is 70.2 cm³/mol. The molecule has 2 rings (SSSR count). The van der Waals surface area contributed by atoms with Crippen molar-refractivity contribution < 1.29 is 41.0 Å². The van der Waals surface area contributed by atoms with Gasteiger partial charge in [0, 0.05) is 6.42 Å². The molecule has 1 saturated heterocycles. The van der Waals surface area contributed by atoms with Gasteiger partial charge in [0.2, 0.25) is 0 Å². The van der Waals surface area contributed by atoms with Crippen LogP contribution in [0.4, 0.5) is 26.3 Å². The highest BCUT2D eigenvalue weighted by Crippen LogP contribution is 2.41. The summed E-state index contributed by atoms with van der Waals surface area (Å²) in [6, 6.07) is 1.37. The van der Waals surface area contributed by atoms with Gasteiger partial charge in [-0.1, -0.05) is 0 Å². The molecule has 1 fully saturated rings. The number of carbonyl (C=O) groups is 1. The molecule has 0 bridgehead atoms. The zero-order valence-electron chi connectivity index (χ0n) is 12.2. The first-order valence-corrected chi connectivity index (χ1v) is 7.13. The normalized spacial score (nSPS) is 21.9. The minimum absolute atomic E-state index is 0.0698. The van der Waals surface area contributed by atoms with Crippen molar-refractivity contribution in [1.82, 2.24) is 0 Å². The van der Waals surface area contributed by atoms with Crippen molar-refractivity contribution in [3.8, 4) is 0 Å². The lowest BCUT2D eigenvalue weighted by molar-refractivity contribution is -0.143. The Morgan fingerprint density at radius 2 is 1.58 bits per heavy atom. The van der Waals surface area contributed by atoms with E-state index >= 15 is 0 Å². The third-order valence-corrected chi connectivity index (χ3v) is 3.77. The van der Waals surface area contributed by atoms with Crippen LogP contribution in [0, 0.1) is 0 Å². The second-order valence-corrected chi connectivity index (χ2v) is 5.60. The van der Waals surface area contributed by atoms with Crippen LogP contribution in [0.25, 0.3) is 0 Å². The number of hydrogen-bond acceptors (Lipinski definition) is 2. The minimum Gasteiger partial charge on any atom is -0.481 e. The molecule has 3 nitrogen and oxygen atoms in total. The van der Waals surface area contributed by atoms with E-state index in [1.807, 2.05) is 0 Å². The van der Waals surface area contributed by atoms with Crippen molar-refractivity contribution in [3.05, 3.63) is 34.9 Å². The molecule has 0 aromatic heterocycles. The molecule has 0 amide bonds. The molecule has 0 aliphatic carbocycles. The zero-order chi connectivity index (χ0) is 18.1. The van der Waals surface area contributed by atoms with E-state index in [2.05, 4.69) is 0 Å². The van der Waals surface area contributed by atoms with Crippen LogP contribution in [0.15, 0.2) is 18.2 Å². The number of carboxylic acid groups (broad SMARTS) is 1. The van der Waals surface area contributed by atoms with Crippen LogP contribution in [0.5, 0.6) is 0 Å². The third kappa shape index (κ3) is 4.62. The van der Waals surface area contributed by atoms with Gasteiger partial charge in [-0.15, -0.1) is 0 Å². The Bertz CT molecular complexity index is 576. The number of rotatable bonds is 4. The van der Waals surface area contributed by atoms with E-state index in [0.29, 0.717) is 18.6 Å². The van der Waals surface area contributed by atoms with Crippen LogP contribution in [-0.2, 0) is 21.9 Å². The molecule has 1 aliphatic rings. The summed E-state index contributed by atoms with van der Waals surface area (Å²) in [5.41, 5.74) is -2.97. The fourth-order valence-electron chi connectivity index (χ4n) is 2.61. The number of carboxylic acids is 1. The summed E-state index contributed by atoms with van der Waals surface area (Å²) in [6.45, 7) is 0. The smallest absolute Gasteiger partial charge is 0.416 e. The molecule has 1 aromatic carbocycles. The molecule has 0 saturated carbocycles. The van der Waals surface area contributed by atoms with Crippen molar-refractivity contribution in [3.63, 3.8) is 0 Å². The molecule has 0 spiro atoms. The number of ether oxygens (including phenoxy) is 1. The standard InChI is InChI=1S/C15H14F6O3/c16-14(17,18)9-5-8(6-10(7-9)15(19,20)21)12-3-1-11(24-12)2-4-13(22)23/h5-7,11-12H,1-4H2,(H,22,23)/t11-,12+/m0/s1. The monoisotopic (exact) mass is 356 g/mol. The van der Waals surface area contributed by atoms with Crippen molar-refractivity contribution >= 4 is 5.97 Å². The number of halogens is 6. The average Bonchev–Trinajstić information content (AvgIpc) is 2.91. The Labute approximate surface area is 133 Å². The summed E-state index contributed by atoms with van der Waals surface area (Å²) in [5.74, 6) is -1.04. The second-order valence-electron chi connectivity index (χ2n) is 5.60. The predicted octanol–water partition coefficient (Wildman–Crippen LogP) is 4.81. The zero-order valence-corrected chi connectivity index (χ0v) is 12.2. The molecule has 1 aromatic rings. The van der Waals surface area contributed by atoms with E-state index in [0.717, 1.165) is 0 Å². The van der Waals surface area contributed by atoms with Crippen molar-refractivity contribution in [1.29, 1.82) is 0 Å². The average molecular weight is 356 g/mol. The molecule has 134 valence electrons. The molecule has 0 radical (unpaired) electrons. The second kappa shape index (κ2) is 6.62. The maximum Gasteiger partial charge on any atom is 0.416 e. The molecule has 24 heavy (non-hydrogen) atoms. The van der Waals surface area contributed by atoms with E-state index < -0.39 is 41.7 Å². The van der Waals surface area contributed by atoms with Crippen LogP contribution in [0.2, 0.25) is 0 Å². The van der Waals surface area contributed by atoms with Gasteiger partial charge in [0.05, 0.1) is 23.3 Å². The molecular formula is C15H14F6O3. The molecule has 0 unspecified atom stereocenters. The summed E-state index contributed by atoms with van der Waals surface area (Å²) in [4.78, 5) is 10.5. The number of benzene rings is 1. The van der Waals surface area contributed by atoms with E-state index in [-0.39, 0.29) is 30.9 Å². The first kappa shape index (κ1) is 18.6. The minimum atomic E-state index is -4.91. The highest BCUT2D eigenvalue weighted by Gasteiger charge is 2.38. The fourth-order valence-corrected chi connectivity index (χ4v) is 2.61. The van der Waals surface area contributed by atoms with Gasteiger partial charge in [0.1, 0.15) is 0 Å². The Morgan fingerprint density at radius 3 is 2.04 bits per heavy atom. The lowest BCUT2D eigenvalue weighted by atomic mass is 9.99. The van der Waals surface area contributed by atoms with Gasteiger partial charge in [0.15, 0.2) is 0 Å². The van der Waals surface area contributed by atoms with Gasteiger partial charge in [-0.25, -0.2) is 0 Å². The Balaban J connectivity index is 2.25. The summed E-state index contributed by atoms with van der Waals surface area (Å²) >= 11 is 0. The van der Waals surface area contributed by atoms with Crippen molar-refractivity contribution in [2.24, 2.45) is 0 Å². The van der Waals surface area contributed by atoms with Crippen LogP contribution in [0.3, 0.4) is 0 Å². The van der Waals surface area contributed by atoms with Crippen LogP contribution in [-0.4, -0.2) is 17.2 Å². The van der Waals surface area contributed by atoms with E-state index in [9.17, 15) is 31.1 Å². The molecule has 9 heteroatoms. The molecule has 1 N–H and O–H groups in total. The van der Waals surface area contributed by atoms with Crippen LogP contribution < -0.4 is 0 Å².